The van der Waals surface area contributed by atoms with Crippen molar-refractivity contribution in [3.63, 3.8) is 0 Å². The van der Waals surface area contributed by atoms with E-state index in [0.717, 1.165) is 41.7 Å². The van der Waals surface area contributed by atoms with Crippen molar-refractivity contribution in [2.24, 2.45) is 11.0 Å². The summed E-state index contributed by atoms with van der Waals surface area (Å²) in [5.41, 5.74) is 3.64. The lowest BCUT2D eigenvalue weighted by molar-refractivity contribution is -0.384. The zero-order valence-corrected chi connectivity index (χ0v) is 21.2. The molecule has 3 aromatic carbocycles. The molecular weight excluding hydrogens is 521 g/mol. The van der Waals surface area contributed by atoms with Crippen LogP contribution in [0.1, 0.15) is 46.8 Å². The second-order valence-corrected chi connectivity index (χ2v) is 10.1. The van der Waals surface area contributed by atoms with E-state index in [0.29, 0.717) is 10.0 Å². The maximum atomic E-state index is 13.7. The number of carbonyl (C=O) groups is 1. The number of hydrogen-bond donors (Lipinski definition) is 0. The summed E-state index contributed by atoms with van der Waals surface area (Å²) in [6, 6.07) is 18.6. The molecule has 9 heteroatoms. The molecule has 1 fully saturated rings. The topological polar surface area (TPSA) is 75.8 Å². The molecule has 1 aliphatic heterocycles. The lowest BCUT2D eigenvalue weighted by atomic mass is 9.77. The molecule has 1 aliphatic carbocycles. The third-order valence-electron chi connectivity index (χ3n) is 6.52. The fraction of sp³-hybridized carbons (Fsp3) is 0.185. The standard InChI is InChI=1S/C27H20Cl3N3O3/c28-20-9-4-16(5-10-20)14-18-2-1-3-22-25(18)31-32(26(22)17-6-11-21(29)12-7-17)27(34)19-8-13-23(30)24(15-19)33(35)36/h4-15,22,26H,1-3H2/b18-14-. The summed E-state index contributed by atoms with van der Waals surface area (Å²) in [5.74, 6) is -0.452. The number of benzene rings is 3. The number of nitro benzene ring substituents is 1. The number of fused-ring (bicyclic) bond motifs is 1. The smallest absolute Gasteiger partial charge is 0.267 e. The number of amides is 1. The van der Waals surface area contributed by atoms with E-state index in [9.17, 15) is 14.9 Å². The van der Waals surface area contributed by atoms with Gasteiger partial charge < -0.3 is 0 Å². The van der Waals surface area contributed by atoms with Crippen molar-refractivity contribution in [2.45, 2.75) is 25.3 Å². The summed E-state index contributed by atoms with van der Waals surface area (Å²) in [6.07, 6.45) is 4.72. The quantitative estimate of drug-likeness (QED) is 0.248. The summed E-state index contributed by atoms with van der Waals surface area (Å²) in [5, 5.41) is 18.9. The minimum Gasteiger partial charge on any atom is -0.267 e. The third kappa shape index (κ3) is 4.76. The number of carbonyl (C=O) groups excluding carboxylic acids is 1. The number of hydrogen-bond acceptors (Lipinski definition) is 4. The van der Waals surface area contributed by atoms with Crippen molar-refractivity contribution < 1.29 is 9.72 Å². The molecule has 0 saturated heterocycles. The average molecular weight is 541 g/mol. The van der Waals surface area contributed by atoms with E-state index in [1.807, 2.05) is 36.4 Å². The number of rotatable bonds is 4. The summed E-state index contributed by atoms with van der Waals surface area (Å²) >= 11 is 18.2. The van der Waals surface area contributed by atoms with E-state index in [1.165, 1.54) is 23.2 Å². The van der Waals surface area contributed by atoms with Crippen molar-refractivity contribution in [1.29, 1.82) is 0 Å². The molecule has 0 N–H and O–H groups in total. The Morgan fingerprint density at radius 3 is 2.33 bits per heavy atom. The van der Waals surface area contributed by atoms with Crippen LogP contribution in [0.15, 0.2) is 77.4 Å². The lowest BCUT2D eigenvalue weighted by Gasteiger charge is -2.29. The Bertz CT molecular complexity index is 1400. The van der Waals surface area contributed by atoms with Gasteiger partial charge in [0.1, 0.15) is 5.02 Å². The van der Waals surface area contributed by atoms with Gasteiger partial charge in [-0.2, -0.15) is 5.10 Å². The Labute approximate surface area is 222 Å². The van der Waals surface area contributed by atoms with Crippen LogP contribution >= 0.6 is 34.8 Å². The van der Waals surface area contributed by atoms with Crippen molar-refractivity contribution in [3.8, 4) is 0 Å². The molecule has 0 radical (unpaired) electrons. The molecule has 5 rings (SSSR count). The zero-order chi connectivity index (χ0) is 25.4. The van der Waals surface area contributed by atoms with Crippen LogP contribution < -0.4 is 0 Å². The largest absolute Gasteiger partial charge is 0.288 e. The van der Waals surface area contributed by atoms with Crippen molar-refractivity contribution in [2.75, 3.05) is 0 Å². The first-order chi connectivity index (χ1) is 17.3. The summed E-state index contributed by atoms with van der Waals surface area (Å²) in [4.78, 5) is 24.5. The fourth-order valence-electron chi connectivity index (χ4n) is 4.84. The normalized spacial score (nSPS) is 20.2. The average Bonchev–Trinajstić information content (AvgIpc) is 3.26. The van der Waals surface area contributed by atoms with Crippen molar-refractivity contribution in [3.05, 3.63) is 114 Å². The maximum absolute atomic E-state index is 13.7. The van der Waals surface area contributed by atoms with Gasteiger partial charge in [0.25, 0.3) is 11.6 Å². The highest BCUT2D eigenvalue weighted by atomic mass is 35.5. The van der Waals surface area contributed by atoms with Crippen LogP contribution in [0, 0.1) is 16.0 Å². The van der Waals surface area contributed by atoms with Gasteiger partial charge in [0.05, 0.1) is 16.7 Å². The Hall–Kier alpha value is -3.19. The molecule has 6 nitrogen and oxygen atoms in total. The molecule has 0 aromatic heterocycles. The molecule has 3 aromatic rings. The lowest BCUT2D eigenvalue weighted by Crippen LogP contribution is -2.32. The van der Waals surface area contributed by atoms with E-state index in [2.05, 4.69) is 6.08 Å². The highest BCUT2D eigenvalue weighted by molar-refractivity contribution is 6.32. The summed E-state index contributed by atoms with van der Waals surface area (Å²) in [6.45, 7) is 0. The molecule has 2 atom stereocenters. The van der Waals surface area contributed by atoms with Crippen LogP contribution in [-0.2, 0) is 0 Å². The number of hydrazone groups is 1. The first-order valence-corrected chi connectivity index (χ1v) is 12.5. The molecule has 1 heterocycles. The van der Waals surface area contributed by atoms with Crippen LogP contribution in [0.5, 0.6) is 0 Å². The van der Waals surface area contributed by atoms with Crippen LogP contribution in [0.3, 0.4) is 0 Å². The summed E-state index contributed by atoms with van der Waals surface area (Å²) in [7, 11) is 0. The SMILES string of the molecule is O=C(c1ccc(Cl)c([N+](=O)[O-])c1)N1N=C2/C(=C\c3ccc(Cl)cc3)CCCC2C1c1ccc(Cl)cc1. The fourth-order valence-corrected chi connectivity index (χ4v) is 5.28. The van der Waals surface area contributed by atoms with Crippen LogP contribution in [0.2, 0.25) is 15.1 Å². The van der Waals surface area contributed by atoms with Crippen LogP contribution in [0.4, 0.5) is 5.69 Å². The van der Waals surface area contributed by atoms with E-state index in [1.54, 1.807) is 12.1 Å². The van der Waals surface area contributed by atoms with Gasteiger partial charge in [-0.15, -0.1) is 0 Å². The van der Waals surface area contributed by atoms with Gasteiger partial charge in [-0.05, 0) is 78.4 Å². The minimum atomic E-state index is -0.599. The van der Waals surface area contributed by atoms with Crippen LogP contribution in [0.25, 0.3) is 6.08 Å². The van der Waals surface area contributed by atoms with Gasteiger partial charge in [0.15, 0.2) is 0 Å². The molecule has 0 bridgehead atoms. The number of nitrogens with zero attached hydrogens (tertiary/aromatic N) is 3. The molecule has 36 heavy (non-hydrogen) atoms. The van der Waals surface area contributed by atoms with E-state index >= 15 is 0 Å². The highest BCUT2D eigenvalue weighted by Crippen LogP contribution is 2.45. The molecule has 0 spiro atoms. The number of allylic oxidation sites excluding steroid dienone is 1. The van der Waals surface area contributed by atoms with Gasteiger partial charge in [0, 0.05) is 27.6 Å². The van der Waals surface area contributed by atoms with Gasteiger partial charge in [-0.3, -0.25) is 14.9 Å². The predicted octanol–water partition coefficient (Wildman–Crippen LogP) is 7.99. The zero-order valence-electron chi connectivity index (χ0n) is 18.9. The second-order valence-electron chi connectivity index (χ2n) is 8.77. The number of nitro groups is 1. The first-order valence-electron chi connectivity index (χ1n) is 11.4. The molecule has 1 amide bonds. The third-order valence-corrected chi connectivity index (χ3v) is 7.35. The van der Waals surface area contributed by atoms with Gasteiger partial charge in [-0.25, -0.2) is 5.01 Å². The maximum Gasteiger partial charge on any atom is 0.288 e. The Kier molecular flexibility index (Phi) is 6.84. The van der Waals surface area contributed by atoms with Crippen LogP contribution in [-0.4, -0.2) is 21.6 Å². The molecule has 182 valence electrons. The Morgan fingerprint density at radius 2 is 1.67 bits per heavy atom. The molecule has 2 aliphatic rings. The highest BCUT2D eigenvalue weighted by Gasteiger charge is 2.44. The van der Waals surface area contributed by atoms with E-state index < -0.39 is 10.8 Å². The molecule has 1 saturated carbocycles. The molecular formula is C27H20Cl3N3O3. The second kappa shape index (κ2) is 10.1. The number of halogens is 3. The molecule has 2 unspecified atom stereocenters. The van der Waals surface area contributed by atoms with E-state index in [4.69, 9.17) is 39.9 Å². The predicted molar refractivity (Wildman–Crippen MR) is 143 cm³/mol. The Balaban J connectivity index is 1.59. The van der Waals surface area contributed by atoms with Crippen molar-refractivity contribution >= 4 is 58.2 Å². The van der Waals surface area contributed by atoms with Gasteiger partial charge in [0.2, 0.25) is 0 Å². The van der Waals surface area contributed by atoms with Crippen molar-refractivity contribution in [1.82, 2.24) is 5.01 Å². The van der Waals surface area contributed by atoms with E-state index in [-0.39, 0.29) is 28.2 Å². The Morgan fingerprint density at radius 1 is 1.00 bits per heavy atom. The first kappa shape index (κ1) is 24.5. The monoisotopic (exact) mass is 539 g/mol. The van der Waals surface area contributed by atoms with Gasteiger partial charge >= 0.3 is 0 Å². The minimum absolute atomic E-state index is 0.0234. The van der Waals surface area contributed by atoms with Gasteiger partial charge in [-0.1, -0.05) is 59.1 Å². The summed E-state index contributed by atoms with van der Waals surface area (Å²) < 4.78 is 0.